The molecule has 124 valence electrons. The van der Waals surface area contributed by atoms with E-state index in [4.69, 9.17) is 4.52 Å². The molecule has 0 saturated carbocycles. The van der Waals surface area contributed by atoms with Crippen LogP contribution in [0.4, 0.5) is 8.78 Å². The van der Waals surface area contributed by atoms with Gasteiger partial charge in [-0.1, -0.05) is 35.5 Å². The summed E-state index contributed by atoms with van der Waals surface area (Å²) in [6.07, 6.45) is 1.16. The van der Waals surface area contributed by atoms with Crippen LogP contribution in [0.1, 0.15) is 22.8 Å². The fraction of sp³-hybridized carbons (Fsp3) is 0.188. The molecule has 0 bridgehead atoms. The van der Waals surface area contributed by atoms with Crippen LogP contribution in [0, 0.1) is 0 Å². The molecule has 0 aliphatic carbocycles. The molecule has 0 atom stereocenters. The molecule has 1 amide bonds. The van der Waals surface area contributed by atoms with E-state index in [2.05, 4.69) is 10.3 Å². The Hall–Kier alpha value is -3.03. The zero-order valence-electron chi connectivity index (χ0n) is 12.8. The Bertz CT molecular complexity index is 829. The summed E-state index contributed by atoms with van der Waals surface area (Å²) in [6.45, 7) is -2.77. The molecule has 0 aliphatic rings. The van der Waals surface area contributed by atoms with Gasteiger partial charge in [-0.25, -0.2) is 0 Å². The third-order valence-corrected chi connectivity index (χ3v) is 3.44. The minimum absolute atomic E-state index is 0.104. The second-order valence-electron chi connectivity index (χ2n) is 5.14. The summed E-state index contributed by atoms with van der Waals surface area (Å²) in [7, 11) is 1.50. The molecule has 6 nitrogen and oxygen atoms in total. The van der Waals surface area contributed by atoms with Crippen molar-refractivity contribution in [3.05, 3.63) is 60.1 Å². The first-order valence-electron chi connectivity index (χ1n) is 7.14. The topological polar surface area (TPSA) is 64.2 Å². The molecule has 2 heterocycles. The van der Waals surface area contributed by atoms with Crippen LogP contribution >= 0.6 is 0 Å². The highest BCUT2D eigenvalue weighted by Crippen LogP contribution is 2.20. The van der Waals surface area contributed by atoms with Gasteiger partial charge in [0.1, 0.15) is 11.4 Å². The second-order valence-corrected chi connectivity index (χ2v) is 5.14. The van der Waals surface area contributed by atoms with Gasteiger partial charge >= 0.3 is 6.55 Å². The minimum Gasteiger partial charge on any atom is -0.359 e. The first-order chi connectivity index (χ1) is 11.6. The summed E-state index contributed by atoms with van der Waals surface area (Å²) in [5.41, 5.74) is 1.34. The molecule has 24 heavy (non-hydrogen) atoms. The van der Waals surface area contributed by atoms with Crippen molar-refractivity contribution in [3.63, 3.8) is 0 Å². The standard InChI is InChI=1S/C16H14F2N4O2/c1-21(15(23)14-7-8-19-22(14)16(17)18)10-12-9-13(20-24-12)11-5-3-2-4-6-11/h2-9,16H,10H2,1H3. The predicted molar refractivity (Wildman–Crippen MR) is 81.2 cm³/mol. The number of alkyl halides is 2. The van der Waals surface area contributed by atoms with Crippen molar-refractivity contribution in [3.8, 4) is 11.3 Å². The van der Waals surface area contributed by atoms with Crippen LogP contribution in [0.25, 0.3) is 11.3 Å². The third-order valence-electron chi connectivity index (χ3n) is 3.44. The van der Waals surface area contributed by atoms with Crippen LogP contribution in [0.2, 0.25) is 0 Å². The van der Waals surface area contributed by atoms with Crippen molar-refractivity contribution >= 4 is 5.91 Å². The number of halogens is 2. The predicted octanol–water partition coefficient (Wildman–Crippen LogP) is 3.21. The molecule has 3 aromatic rings. The van der Waals surface area contributed by atoms with Gasteiger partial charge in [0.05, 0.1) is 6.54 Å². The Morgan fingerprint density at radius 2 is 2.04 bits per heavy atom. The molecule has 0 saturated heterocycles. The Kier molecular flexibility index (Phi) is 4.37. The van der Waals surface area contributed by atoms with Crippen LogP contribution in [-0.4, -0.2) is 32.8 Å². The van der Waals surface area contributed by atoms with Crippen molar-refractivity contribution < 1.29 is 18.1 Å². The van der Waals surface area contributed by atoms with Gasteiger partial charge in [0.15, 0.2) is 5.76 Å². The monoisotopic (exact) mass is 332 g/mol. The zero-order valence-corrected chi connectivity index (χ0v) is 12.8. The van der Waals surface area contributed by atoms with Crippen molar-refractivity contribution in [2.75, 3.05) is 7.05 Å². The second kappa shape index (κ2) is 6.61. The molecule has 0 unspecified atom stereocenters. The highest BCUT2D eigenvalue weighted by molar-refractivity contribution is 5.92. The van der Waals surface area contributed by atoms with Crippen LogP contribution in [0.5, 0.6) is 0 Å². The van der Waals surface area contributed by atoms with Gasteiger partial charge in [0, 0.05) is 24.9 Å². The molecular formula is C16H14F2N4O2. The summed E-state index contributed by atoms with van der Waals surface area (Å²) in [4.78, 5) is 13.6. The highest BCUT2D eigenvalue weighted by Gasteiger charge is 2.22. The number of carbonyl (C=O) groups excluding carboxylic acids is 1. The normalized spacial score (nSPS) is 11.0. The minimum atomic E-state index is -2.87. The molecule has 1 aromatic carbocycles. The fourth-order valence-electron chi connectivity index (χ4n) is 2.27. The zero-order chi connectivity index (χ0) is 17.1. The molecule has 0 N–H and O–H groups in total. The van der Waals surface area contributed by atoms with E-state index in [-0.39, 0.29) is 12.2 Å². The van der Waals surface area contributed by atoms with Gasteiger partial charge in [-0.2, -0.15) is 18.6 Å². The molecule has 0 fully saturated rings. The van der Waals surface area contributed by atoms with Gasteiger partial charge < -0.3 is 9.42 Å². The maximum Gasteiger partial charge on any atom is 0.333 e. The Morgan fingerprint density at radius 1 is 1.29 bits per heavy atom. The number of rotatable bonds is 5. The Labute approximate surface area is 136 Å². The number of nitrogens with zero attached hydrogens (tertiary/aromatic N) is 4. The smallest absolute Gasteiger partial charge is 0.333 e. The first kappa shape index (κ1) is 15.9. The lowest BCUT2D eigenvalue weighted by molar-refractivity contribution is 0.0469. The van der Waals surface area contributed by atoms with Gasteiger partial charge in [0.25, 0.3) is 5.91 Å². The van der Waals surface area contributed by atoms with Crippen molar-refractivity contribution in [2.45, 2.75) is 13.1 Å². The van der Waals surface area contributed by atoms with Crippen molar-refractivity contribution in [2.24, 2.45) is 0 Å². The molecule has 2 aromatic heterocycles. The van der Waals surface area contributed by atoms with Crippen LogP contribution in [-0.2, 0) is 6.54 Å². The van der Waals surface area contributed by atoms with Crippen LogP contribution in [0.15, 0.2) is 53.2 Å². The number of benzene rings is 1. The molecule has 3 rings (SSSR count). The Morgan fingerprint density at radius 3 is 2.75 bits per heavy atom. The van der Waals surface area contributed by atoms with E-state index >= 15 is 0 Å². The lowest BCUT2D eigenvalue weighted by Crippen LogP contribution is -2.28. The summed E-state index contributed by atoms with van der Waals surface area (Å²) >= 11 is 0. The van der Waals surface area contributed by atoms with E-state index in [1.54, 1.807) is 6.07 Å². The SMILES string of the molecule is CN(Cc1cc(-c2ccccc2)no1)C(=O)c1ccnn1C(F)F. The lowest BCUT2D eigenvalue weighted by Gasteiger charge is -2.15. The van der Waals surface area contributed by atoms with Gasteiger partial charge in [0.2, 0.25) is 0 Å². The lowest BCUT2D eigenvalue weighted by atomic mass is 10.1. The number of hydrogen-bond acceptors (Lipinski definition) is 4. The number of hydrogen-bond donors (Lipinski definition) is 0. The largest absolute Gasteiger partial charge is 0.359 e. The van der Waals surface area contributed by atoms with Gasteiger partial charge in [-0.3, -0.25) is 4.79 Å². The Balaban J connectivity index is 1.73. The summed E-state index contributed by atoms with van der Waals surface area (Å²) < 4.78 is 31.2. The van der Waals surface area contributed by atoms with Crippen LogP contribution < -0.4 is 0 Å². The number of aromatic nitrogens is 3. The van der Waals surface area contributed by atoms with Gasteiger partial charge in [-0.05, 0) is 6.07 Å². The maximum atomic E-state index is 12.8. The summed E-state index contributed by atoms with van der Waals surface area (Å²) in [5, 5.41) is 7.41. The average Bonchev–Trinajstić information content (AvgIpc) is 3.24. The summed E-state index contributed by atoms with van der Waals surface area (Å²) in [6, 6.07) is 12.4. The van der Waals surface area contributed by atoms with E-state index in [9.17, 15) is 13.6 Å². The molecule has 0 aliphatic heterocycles. The van der Waals surface area contributed by atoms with E-state index < -0.39 is 12.5 Å². The maximum absolute atomic E-state index is 12.8. The van der Waals surface area contributed by atoms with Gasteiger partial charge in [-0.15, -0.1) is 0 Å². The quantitative estimate of drug-likeness (QED) is 0.720. The van der Waals surface area contributed by atoms with E-state index in [0.29, 0.717) is 16.1 Å². The average molecular weight is 332 g/mol. The number of carbonyl (C=O) groups is 1. The third kappa shape index (κ3) is 3.17. The van der Waals surface area contributed by atoms with E-state index in [1.165, 1.54) is 18.0 Å². The molecule has 0 spiro atoms. The van der Waals surface area contributed by atoms with Crippen LogP contribution in [0.3, 0.4) is 0 Å². The highest BCUT2D eigenvalue weighted by atomic mass is 19.3. The van der Waals surface area contributed by atoms with Crippen molar-refractivity contribution in [1.82, 2.24) is 19.8 Å². The molecule has 8 heteroatoms. The van der Waals surface area contributed by atoms with Crippen molar-refractivity contribution in [1.29, 1.82) is 0 Å². The first-order valence-corrected chi connectivity index (χ1v) is 7.14. The number of amides is 1. The van der Waals surface area contributed by atoms with E-state index in [1.807, 2.05) is 30.3 Å². The molecular weight excluding hydrogens is 318 g/mol. The summed E-state index contributed by atoms with van der Waals surface area (Å²) in [5.74, 6) is -0.127. The molecule has 0 radical (unpaired) electrons. The fourth-order valence-corrected chi connectivity index (χ4v) is 2.27. The van der Waals surface area contributed by atoms with E-state index in [0.717, 1.165) is 11.8 Å².